The average molecular weight is 511 g/mol. The minimum absolute atomic E-state index is 0.165. The predicted octanol–water partition coefficient (Wildman–Crippen LogP) is 3.39. The number of nitrogens with zero attached hydrogens (tertiary/aromatic N) is 3. The summed E-state index contributed by atoms with van der Waals surface area (Å²) in [5.74, 6) is -0.351. The summed E-state index contributed by atoms with van der Waals surface area (Å²) in [6.45, 7) is 1.82. The van der Waals surface area contributed by atoms with E-state index in [2.05, 4.69) is 5.32 Å². The lowest BCUT2D eigenvalue weighted by Crippen LogP contribution is -2.59. The minimum atomic E-state index is -1.17. The summed E-state index contributed by atoms with van der Waals surface area (Å²) >= 11 is 1.32. The van der Waals surface area contributed by atoms with Crippen molar-refractivity contribution in [1.29, 1.82) is 0 Å². The van der Waals surface area contributed by atoms with Crippen LogP contribution in [0.15, 0.2) is 88.6 Å². The van der Waals surface area contributed by atoms with Gasteiger partial charge in [0.1, 0.15) is 11.7 Å². The Balaban J connectivity index is 1.50. The summed E-state index contributed by atoms with van der Waals surface area (Å²) in [7, 11) is 3.98. The van der Waals surface area contributed by atoms with Crippen molar-refractivity contribution in [3.63, 3.8) is 0 Å². The van der Waals surface area contributed by atoms with Crippen LogP contribution in [-0.2, 0) is 4.79 Å². The van der Waals surface area contributed by atoms with E-state index in [1.165, 1.54) is 11.3 Å². The number of amides is 1. The Kier molecular flexibility index (Phi) is 5.49. The number of anilines is 2. The second-order valence-corrected chi connectivity index (χ2v) is 10.6. The van der Waals surface area contributed by atoms with Gasteiger partial charge in [0.15, 0.2) is 4.80 Å². The number of rotatable bonds is 4. The Morgan fingerprint density at radius 1 is 1.05 bits per heavy atom. The van der Waals surface area contributed by atoms with Crippen molar-refractivity contribution in [3.05, 3.63) is 110 Å². The number of thiazole rings is 1. The highest BCUT2D eigenvalue weighted by molar-refractivity contribution is 7.07. The number of para-hydroxylation sites is 2. The molecule has 0 unspecified atom stereocenters. The molecule has 2 aliphatic rings. The van der Waals surface area contributed by atoms with Crippen LogP contribution in [0.3, 0.4) is 0 Å². The fraction of sp³-hybridized carbons (Fsp3) is 0.207. The fourth-order valence-electron chi connectivity index (χ4n) is 5.10. The number of nitrogens with one attached hydrogen (secondary N) is 1. The van der Waals surface area contributed by atoms with E-state index in [0.717, 1.165) is 16.8 Å². The third-order valence-electron chi connectivity index (χ3n) is 6.91. The van der Waals surface area contributed by atoms with E-state index in [4.69, 9.17) is 9.73 Å². The van der Waals surface area contributed by atoms with E-state index in [1.54, 1.807) is 4.57 Å². The molecule has 7 nitrogen and oxygen atoms in total. The zero-order valence-electron chi connectivity index (χ0n) is 20.7. The van der Waals surface area contributed by atoms with Crippen LogP contribution >= 0.6 is 11.3 Å². The van der Waals surface area contributed by atoms with Crippen LogP contribution in [0.2, 0.25) is 0 Å². The van der Waals surface area contributed by atoms with E-state index in [-0.39, 0.29) is 11.5 Å². The second kappa shape index (κ2) is 8.74. The van der Waals surface area contributed by atoms with Crippen LogP contribution in [0.1, 0.15) is 24.1 Å². The lowest BCUT2D eigenvalue weighted by Gasteiger charge is -2.45. The molecule has 4 aromatic rings. The summed E-state index contributed by atoms with van der Waals surface area (Å²) in [5, 5.41) is 3.00. The molecule has 1 amide bonds. The van der Waals surface area contributed by atoms with Crippen molar-refractivity contribution in [2.24, 2.45) is 10.9 Å². The van der Waals surface area contributed by atoms with E-state index in [0.29, 0.717) is 20.8 Å². The van der Waals surface area contributed by atoms with Crippen molar-refractivity contribution in [2.45, 2.75) is 18.7 Å². The van der Waals surface area contributed by atoms with Crippen LogP contribution in [0, 0.1) is 5.92 Å². The maximum absolute atomic E-state index is 13.8. The molecule has 8 heteroatoms. The molecule has 6 rings (SSSR count). The first-order valence-electron chi connectivity index (χ1n) is 12.1. The number of hydrogen-bond acceptors (Lipinski definition) is 6. The van der Waals surface area contributed by atoms with Crippen LogP contribution in [0.5, 0.6) is 5.75 Å². The molecule has 0 saturated carbocycles. The standard InChI is InChI=1S/C29H26N4O3S/c1-29-24(26(34)30-19-9-5-4-6-10-19)25(21-11-7-8-12-22(21)36-29)33-27(35)23(37-28(33)31-29)17-18-13-15-20(16-14-18)32(2)3/h4-17,24-25H,1-3H3,(H,30,34)/b23-17-/t24-,25+,29+/m0/s1. The summed E-state index contributed by atoms with van der Waals surface area (Å²) < 4.78 is 8.60. The molecule has 186 valence electrons. The molecule has 0 saturated heterocycles. The van der Waals surface area contributed by atoms with Gasteiger partial charge in [-0.25, -0.2) is 4.99 Å². The predicted molar refractivity (Wildman–Crippen MR) is 146 cm³/mol. The fourth-order valence-corrected chi connectivity index (χ4v) is 6.20. The molecular formula is C29H26N4O3S. The average Bonchev–Trinajstić information content (AvgIpc) is 3.17. The monoisotopic (exact) mass is 510 g/mol. The summed E-state index contributed by atoms with van der Waals surface area (Å²) in [5.41, 5.74) is 2.15. The number of carbonyl (C=O) groups is 1. The maximum atomic E-state index is 13.8. The molecular weight excluding hydrogens is 484 g/mol. The van der Waals surface area contributed by atoms with Crippen LogP contribution in [0.4, 0.5) is 11.4 Å². The highest BCUT2D eigenvalue weighted by atomic mass is 32.1. The third kappa shape index (κ3) is 3.94. The largest absolute Gasteiger partial charge is 0.465 e. The van der Waals surface area contributed by atoms with Crippen LogP contribution < -0.4 is 29.8 Å². The zero-order valence-corrected chi connectivity index (χ0v) is 21.5. The van der Waals surface area contributed by atoms with Crippen LogP contribution in [-0.4, -0.2) is 30.3 Å². The van der Waals surface area contributed by atoms with Crippen molar-refractivity contribution in [1.82, 2.24) is 4.57 Å². The Bertz CT molecular complexity index is 1670. The van der Waals surface area contributed by atoms with E-state index < -0.39 is 17.7 Å². The molecule has 3 heterocycles. The normalized spacial score (nSPS) is 21.8. The van der Waals surface area contributed by atoms with Crippen molar-refractivity contribution in [3.8, 4) is 5.75 Å². The number of ether oxygens (including phenoxy) is 1. The SMILES string of the molecule is CN(C)c1ccc(/C=c2\sc3n(c2=O)[C@@H]2c4ccccc4O[C@@](C)(N=3)[C@@H]2C(=O)Nc2ccccc2)cc1. The third-order valence-corrected chi connectivity index (χ3v) is 7.89. The van der Waals surface area contributed by atoms with Gasteiger partial charge in [0.25, 0.3) is 5.56 Å². The van der Waals surface area contributed by atoms with Gasteiger partial charge in [-0.05, 0) is 48.9 Å². The first-order chi connectivity index (χ1) is 17.8. The van der Waals surface area contributed by atoms with E-state index in [9.17, 15) is 9.59 Å². The lowest BCUT2D eigenvalue weighted by molar-refractivity contribution is -0.131. The topological polar surface area (TPSA) is 75.9 Å². The van der Waals surface area contributed by atoms with Crippen molar-refractivity contribution < 1.29 is 9.53 Å². The van der Waals surface area contributed by atoms with Gasteiger partial charge in [0.2, 0.25) is 11.6 Å². The highest BCUT2D eigenvalue weighted by Crippen LogP contribution is 2.47. The van der Waals surface area contributed by atoms with E-state index in [1.807, 2.05) is 111 Å². The van der Waals surface area contributed by atoms with Gasteiger partial charge in [-0.1, -0.05) is 59.9 Å². The summed E-state index contributed by atoms with van der Waals surface area (Å²) in [6.07, 6.45) is 1.88. The molecule has 0 aliphatic carbocycles. The second-order valence-electron chi connectivity index (χ2n) is 9.64. The van der Waals surface area contributed by atoms with Gasteiger partial charge in [-0.2, -0.15) is 0 Å². The summed E-state index contributed by atoms with van der Waals surface area (Å²) in [4.78, 5) is 35.0. The quantitative estimate of drug-likeness (QED) is 0.457. The smallest absolute Gasteiger partial charge is 0.270 e. The molecule has 1 aromatic heterocycles. The molecule has 3 aromatic carbocycles. The van der Waals surface area contributed by atoms with Gasteiger partial charge in [-0.15, -0.1) is 0 Å². The Morgan fingerprint density at radius 3 is 2.49 bits per heavy atom. The Morgan fingerprint density at radius 2 is 1.76 bits per heavy atom. The Hall–Kier alpha value is -4.17. The number of benzene rings is 3. The van der Waals surface area contributed by atoms with Gasteiger partial charge in [0, 0.05) is 31.0 Å². The molecule has 2 bridgehead atoms. The summed E-state index contributed by atoms with van der Waals surface area (Å²) in [6, 6.07) is 24.3. The highest BCUT2D eigenvalue weighted by Gasteiger charge is 2.55. The lowest BCUT2D eigenvalue weighted by atomic mass is 9.80. The molecule has 3 atom stereocenters. The van der Waals surface area contributed by atoms with Gasteiger partial charge in [0.05, 0.1) is 10.6 Å². The van der Waals surface area contributed by atoms with Crippen molar-refractivity contribution in [2.75, 3.05) is 24.3 Å². The minimum Gasteiger partial charge on any atom is -0.465 e. The maximum Gasteiger partial charge on any atom is 0.270 e. The molecule has 0 radical (unpaired) electrons. The number of carbonyl (C=O) groups excluding carboxylic acids is 1. The Labute approximate surface area is 218 Å². The van der Waals surface area contributed by atoms with E-state index >= 15 is 0 Å². The number of hydrogen-bond donors (Lipinski definition) is 1. The van der Waals surface area contributed by atoms with Crippen molar-refractivity contribution >= 4 is 34.7 Å². The number of fused-ring (bicyclic) bond motifs is 6. The first-order valence-corrected chi connectivity index (χ1v) is 12.9. The molecule has 37 heavy (non-hydrogen) atoms. The first kappa shape index (κ1) is 23.2. The number of aromatic nitrogens is 1. The van der Waals surface area contributed by atoms with Gasteiger partial charge in [-0.3, -0.25) is 14.2 Å². The molecule has 1 N–H and O–H groups in total. The molecule has 0 fully saturated rings. The van der Waals surface area contributed by atoms with Gasteiger partial charge >= 0.3 is 0 Å². The van der Waals surface area contributed by atoms with Gasteiger partial charge < -0.3 is 15.0 Å². The molecule has 2 aliphatic heterocycles. The molecule has 0 spiro atoms. The zero-order chi connectivity index (χ0) is 25.7. The van der Waals surface area contributed by atoms with Crippen LogP contribution in [0.25, 0.3) is 6.08 Å².